The molecule has 0 radical (unpaired) electrons. The van der Waals surface area contributed by atoms with Gasteiger partial charge >= 0.3 is 6.09 Å². The molecule has 0 aliphatic carbocycles. The van der Waals surface area contributed by atoms with Crippen LogP contribution >= 0.6 is 0 Å². The van der Waals surface area contributed by atoms with Gasteiger partial charge in [0.1, 0.15) is 0 Å². The van der Waals surface area contributed by atoms with Gasteiger partial charge < -0.3 is 20.6 Å². The molecule has 0 aromatic heterocycles. The van der Waals surface area contributed by atoms with Crippen molar-refractivity contribution >= 4 is 6.09 Å². The van der Waals surface area contributed by atoms with E-state index < -0.39 is 6.09 Å². The van der Waals surface area contributed by atoms with Gasteiger partial charge in [-0.2, -0.15) is 0 Å². The predicted molar refractivity (Wildman–Crippen MR) is 49.5 cm³/mol. The lowest BCUT2D eigenvalue weighted by molar-refractivity contribution is 0.194. The number of phenols is 2. The average molecular weight is 197 g/mol. The molecule has 0 atom stereocenters. The van der Waals surface area contributed by atoms with Crippen molar-refractivity contribution in [2.75, 3.05) is 6.54 Å². The van der Waals surface area contributed by atoms with Gasteiger partial charge in [0.05, 0.1) is 0 Å². The lowest BCUT2D eigenvalue weighted by Crippen LogP contribution is -2.23. The van der Waals surface area contributed by atoms with E-state index in [1.54, 1.807) is 6.07 Å². The summed E-state index contributed by atoms with van der Waals surface area (Å²) in [6.45, 7) is 0.277. The standard InChI is InChI=1S/C9H11NO4/c11-7-2-1-6(5-8(7)12)3-4-10-9(13)14/h1-2,5,10-12H,3-4H2,(H,13,14). The van der Waals surface area contributed by atoms with E-state index in [4.69, 9.17) is 15.3 Å². The molecule has 0 fully saturated rings. The van der Waals surface area contributed by atoms with Crippen molar-refractivity contribution in [2.45, 2.75) is 6.42 Å². The summed E-state index contributed by atoms with van der Waals surface area (Å²) < 4.78 is 0. The molecule has 0 unspecified atom stereocenters. The monoisotopic (exact) mass is 197 g/mol. The SMILES string of the molecule is O=C(O)NCCc1ccc(O)c(O)c1. The van der Waals surface area contributed by atoms with Crippen molar-refractivity contribution in [3.63, 3.8) is 0 Å². The van der Waals surface area contributed by atoms with Crippen LogP contribution < -0.4 is 5.32 Å². The molecule has 0 heterocycles. The number of amides is 1. The van der Waals surface area contributed by atoms with Crippen molar-refractivity contribution in [1.82, 2.24) is 5.32 Å². The van der Waals surface area contributed by atoms with Gasteiger partial charge in [0.25, 0.3) is 0 Å². The van der Waals surface area contributed by atoms with Gasteiger partial charge in [0, 0.05) is 6.54 Å². The maximum Gasteiger partial charge on any atom is 0.404 e. The number of hydrogen-bond donors (Lipinski definition) is 4. The van der Waals surface area contributed by atoms with Crippen LogP contribution in [0.4, 0.5) is 4.79 Å². The first-order valence-electron chi connectivity index (χ1n) is 4.07. The Labute approximate surface area is 80.6 Å². The zero-order valence-corrected chi connectivity index (χ0v) is 7.40. The van der Waals surface area contributed by atoms with Crippen molar-refractivity contribution in [1.29, 1.82) is 0 Å². The number of hydrogen-bond acceptors (Lipinski definition) is 3. The van der Waals surface area contributed by atoms with Crippen LogP contribution in [0.15, 0.2) is 18.2 Å². The van der Waals surface area contributed by atoms with E-state index in [2.05, 4.69) is 5.32 Å². The number of benzene rings is 1. The summed E-state index contributed by atoms with van der Waals surface area (Å²) in [5, 5.41) is 28.6. The number of nitrogens with one attached hydrogen (secondary N) is 1. The predicted octanol–water partition coefficient (Wildman–Crippen LogP) is 0.908. The van der Waals surface area contributed by atoms with Gasteiger partial charge in [-0.25, -0.2) is 4.79 Å². The summed E-state index contributed by atoms with van der Waals surface area (Å²) in [4.78, 5) is 10.1. The van der Waals surface area contributed by atoms with Gasteiger partial charge in [-0.1, -0.05) is 6.07 Å². The second-order valence-electron chi connectivity index (χ2n) is 2.80. The van der Waals surface area contributed by atoms with E-state index in [1.165, 1.54) is 12.1 Å². The highest BCUT2D eigenvalue weighted by atomic mass is 16.4. The minimum absolute atomic E-state index is 0.181. The molecule has 1 rings (SSSR count). The van der Waals surface area contributed by atoms with Crippen LogP contribution in [-0.2, 0) is 6.42 Å². The van der Waals surface area contributed by atoms with Crippen LogP contribution in [0.1, 0.15) is 5.56 Å². The molecule has 1 aromatic rings. The second-order valence-corrected chi connectivity index (χ2v) is 2.80. The number of phenolic OH excluding ortho intramolecular Hbond substituents is 2. The third kappa shape index (κ3) is 2.85. The number of carbonyl (C=O) groups is 1. The molecule has 1 amide bonds. The van der Waals surface area contributed by atoms with Gasteiger partial charge in [-0.05, 0) is 24.1 Å². The first-order chi connectivity index (χ1) is 6.59. The summed E-state index contributed by atoms with van der Waals surface area (Å²) in [6, 6.07) is 4.39. The summed E-state index contributed by atoms with van der Waals surface area (Å²) in [5.74, 6) is -0.377. The summed E-state index contributed by atoms with van der Waals surface area (Å²) in [7, 11) is 0. The van der Waals surface area contributed by atoms with Crippen molar-refractivity contribution < 1.29 is 20.1 Å². The van der Waals surface area contributed by atoms with Crippen molar-refractivity contribution in [3.8, 4) is 11.5 Å². The Kier molecular flexibility index (Phi) is 3.17. The Bertz CT molecular complexity index is 338. The third-order valence-electron chi connectivity index (χ3n) is 1.73. The van der Waals surface area contributed by atoms with Crippen LogP contribution in [0.3, 0.4) is 0 Å². The van der Waals surface area contributed by atoms with Crippen molar-refractivity contribution in [3.05, 3.63) is 23.8 Å². The quantitative estimate of drug-likeness (QED) is 0.542. The molecule has 76 valence electrons. The van der Waals surface area contributed by atoms with Crippen LogP contribution in [0.2, 0.25) is 0 Å². The molecule has 0 spiro atoms. The topological polar surface area (TPSA) is 89.8 Å². The highest BCUT2D eigenvalue weighted by Gasteiger charge is 2.01. The van der Waals surface area contributed by atoms with E-state index in [0.29, 0.717) is 6.42 Å². The molecule has 0 aliphatic heterocycles. The summed E-state index contributed by atoms with van der Waals surface area (Å²) in [6.07, 6.45) is -0.604. The van der Waals surface area contributed by atoms with Gasteiger partial charge in [-0.3, -0.25) is 0 Å². The Hall–Kier alpha value is -1.91. The summed E-state index contributed by atoms with van der Waals surface area (Å²) in [5.41, 5.74) is 0.758. The molecule has 0 saturated heterocycles. The van der Waals surface area contributed by atoms with E-state index in [-0.39, 0.29) is 18.0 Å². The van der Waals surface area contributed by atoms with E-state index in [1.807, 2.05) is 0 Å². The van der Waals surface area contributed by atoms with E-state index >= 15 is 0 Å². The van der Waals surface area contributed by atoms with Gasteiger partial charge in [0.2, 0.25) is 0 Å². The third-order valence-corrected chi connectivity index (χ3v) is 1.73. The maximum absolute atomic E-state index is 10.1. The van der Waals surface area contributed by atoms with E-state index in [0.717, 1.165) is 5.56 Å². The molecule has 5 nitrogen and oxygen atoms in total. The first-order valence-corrected chi connectivity index (χ1v) is 4.07. The molecule has 14 heavy (non-hydrogen) atoms. The van der Waals surface area contributed by atoms with E-state index in [9.17, 15) is 4.79 Å². The minimum atomic E-state index is -1.08. The Morgan fingerprint density at radius 2 is 2.00 bits per heavy atom. The van der Waals surface area contributed by atoms with Crippen LogP contribution in [0.25, 0.3) is 0 Å². The molecular weight excluding hydrogens is 186 g/mol. The highest BCUT2D eigenvalue weighted by Crippen LogP contribution is 2.24. The fraction of sp³-hybridized carbons (Fsp3) is 0.222. The lowest BCUT2D eigenvalue weighted by atomic mass is 10.1. The first kappa shape index (κ1) is 10.2. The van der Waals surface area contributed by atoms with Crippen molar-refractivity contribution in [2.24, 2.45) is 0 Å². The fourth-order valence-electron chi connectivity index (χ4n) is 1.04. The second kappa shape index (κ2) is 4.36. The molecule has 0 bridgehead atoms. The molecule has 4 N–H and O–H groups in total. The number of rotatable bonds is 3. The number of carboxylic acid groups (broad SMARTS) is 1. The van der Waals surface area contributed by atoms with Crippen LogP contribution in [0, 0.1) is 0 Å². The Morgan fingerprint density at radius 1 is 1.29 bits per heavy atom. The zero-order valence-electron chi connectivity index (χ0n) is 7.40. The highest BCUT2D eigenvalue weighted by molar-refractivity contribution is 5.64. The van der Waals surface area contributed by atoms with Crippen LogP contribution in [0.5, 0.6) is 11.5 Å². The summed E-state index contributed by atoms with van der Waals surface area (Å²) >= 11 is 0. The molecule has 0 saturated carbocycles. The molecular formula is C9H11NO4. The molecule has 5 heteroatoms. The Morgan fingerprint density at radius 3 is 2.57 bits per heavy atom. The average Bonchev–Trinajstić information content (AvgIpc) is 2.10. The maximum atomic E-state index is 10.1. The molecule has 1 aromatic carbocycles. The zero-order chi connectivity index (χ0) is 10.6. The molecule has 0 aliphatic rings. The van der Waals surface area contributed by atoms with Crippen LogP contribution in [-0.4, -0.2) is 28.0 Å². The lowest BCUT2D eigenvalue weighted by Gasteiger charge is -2.03. The van der Waals surface area contributed by atoms with Gasteiger partial charge in [-0.15, -0.1) is 0 Å². The fourth-order valence-corrected chi connectivity index (χ4v) is 1.04. The largest absolute Gasteiger partial charge is 0.504 e. The number of aromatic hydroxyl groups is 2. The smallest absolute Gasteiger partial charge is 0.404 e. The van der Waals surface area contributed by atoms with Gasteiger partial charge in [0.15, 0.2) is 11.5 Å². The normalized spacial score (nSPS) is 9.71. The minimum Gasteiger partial charge on any atom is -0.504 e. The Balaban J connectivity index is 2.51.